The Labute approximate surface area is 134 Å². The van der Waals surface area contributed by atoms with Crippen molar-refractivity contribution in [1.82, 2.24) is 9.80 Å². The number of benzene rings is 1. The van der Waals surface area contributed by atoms with E-state index in [0.717, 1.165) is 0 Å². The zero-order valence-electron chi connectivity index (χ0n) is 13.5. The molecule has 0 atom stereocenters. The van der Waals surface area contributed by atoms with Crippen LogP contribution >= 0.6 is 0 Å². The highest BCUT2D eigenvalue weighted by Gasteiger charge is 2.35. The van der Waals surface area contributed by atoms with E-state index in [-0.39, 0.29) is 30.9 Å². The number of amides is 4. The third-order valence-electron chi connectivity index (χ3n) is 3.55. The first-order valence-corrected chi connectivity index (χ1v) is 7.48. The number of carbonyl (C=O) groups is 3. The van der Waals surface area contributed by atoms with E-state index in [1.54, 1.807) is 19.2 Å². The van der Waals surface area contributed by atoms with Gasteiger partial charge in [-0.15, -0.1) is 0 Å². The Hall–Kier alpha value is -2.41. The number of imide groups is 1. The van der Waals surface area contributed by atoms with Crippen LogP contribution < -0.4 is 5.32 Å². The summed E-state index contributed by atoms with van der Waals surface area (Å²) in [5.74, 6) is -0.448. The van der Waals surface area contributed by atoms with Gasteiger partial charge in [-0.2, -0.15) is 0 Å². The third kappa shape index (κ3) is 3.50. The lowest BCUT2D eigenvalue weighted by molar-refractivity contribution is 0.0636. The van der Waals surface area contributed by atoms with E-state index in [9.17, 15) is 14.4 Å². The highest BCUT2D eigenvalue weighted by molar-refractivity contribution is 6.21. The molecule has 0 saturated heterocycles. The maximum absolute atomic E-state index is 12.4. The van der Waals surface area contributed by atoms with E-state index in [2.05, 4.69) is 5.32 Å². The first-order chi connectivity index (χ1) is 10.8. The van der Waals surface area contributed by atoms with Crippen molar-refractivity contribution in [2.75, 3.05) is 32.1 Å². The van der Waals surface area contributed by atoms with Gasteiger partial charge < -0.3 is 15.3 Å². The number of nitrogens with zero attached hydrogens (tertiary/aromatic N) is 2. The number of aliphatic hydroxyl groups is 1. The molecule has 1 heterocycles. The van der Waals surface area contributed by atoms with Crippen molar-refractivity contribution in [3.8, 4) is 0 Å². The van der Waals surface area contributed by atoms with Gasteiger partial charge in [0.2, 0.25) is 0 Å². The average molecular weight is 319 g/mol. The van der Waals surface area contributed by atoms with E-state index in [1.165, 1.54) is 15.9 Å². The number of likely N-dealkylation sites (N-methyl/N-ethyl adjacent to an activating group) is 1. The van der Waals surface area contributed by atoms with E-state index in [1.807, 2.05) is 13.8 Å². The molecule has 2 rings (SSSR count). The van der Waals surface area contributed by atoms with Crippen LogP contribution in [0.5, 0.6) is 0 Å². The Morgan fingerprint density at radius 1 is 1.26 bits per heavy atom. The number of urea groups is 1. The number of hydrogen-bond acceptors (Lipinski definition) is 4. The van der Waals surface area contributed by atoms with Gasteiger partial charge in [0.25, 0.3) is 11.8 Å². The van der Waals surface area contributed by atoms with Crippen LogP contribution in [0.15, 0.2) is 18.2 Å². The third-order valence-corrected chi connectivity index (χ3v) is 3.55. The van der Waals surface area contributed by atoms with E-state index in [4.69, 9.17) is 5.11 Å². The molecule has 1 aliphatic heterocycles. The predicted molar refractivity (Wildman–Crippen MR) is 85.4 cm³/mol. The van der Waals surface area contributed by atoms with Gasteiger partial charge in [0.1, 0.15) is 0 Å². The first kappa shape index (κ1) is 17.0. The van der Waals surface area contributed by atoms with Crippen LogP contribution in [0.2, 0.25) is 0 Å². The largest absolute Gasteiger partial charge is 0.395 e. The fraction of sp³-hybridized carbons (Fsp3) is 0.438. The van der Waals surface area contributed by atoms with Crippen LogP contribution in [0.4, 0.5) is 10.5 Å². The molecule has 4 amide bonds. The van der Waals surface area contributed by atoms with Crippen molar-refractivity contribution in [1.29, 1.82) is 0 Å². The fourth-order valence-corrected chi connectivity index (χ4v) is 2.37. The van der Waals surface area contributed by atoms with Crippen LogP contribution in [0, 0.1) is 5.92 Å². The summed E-state index contributed by atoms with van der Waals surface area (Å²) in [5.41, 5.74) is 1.10. The summed E-state index contributed by atoms with van der Waals surface area (Å²) in [4.78, 5) is 39.1. The highest BCUT2D eigenvalue weighted by Crippen LogP contribution is 2.26. The summed E-state index contributed by atoms with van der Waals surface area (Å²) in [6, 6.07) is 4.26. The van der Waals surface area contributed by atoms with Crippen molar-refractivity contribution in [2.24, 2.45) is 5.92 Å². The summed E-state index contributed by atoms with van der Waals surface area (Å²) in [5, 5.41) is 11.5. The van der Waals surface area contributed by atoms with Gasteiger partial charge in [0.05, 0.1) is 17.7 Å². The van der Waals surface area contributed by atoms with Crippen LogP contribution in [-0.2, 0) is 0 Å². The lowest BCUT2D eigenvalue weighted by Crippen LogP contribution is -2.33. The summed E-state index contributed by atoms with van der Waals surface area (Å²) in [6.45, 7) is 4.31. The lowest BCUT2D eigenvalue weighted by Gasteiger charge is -2.16. The molecule has 0 fully saturated rings. The number of hydrogen-bond donors (Lipinski definition) is 2. The first-order valence-electron chi connectivity index (χ1n) is 7.48. The topological polar surface area (TPSA) is 90.0 Å². The summed E-state index contributed by atoms with van der Waals surface area (Å²) in [6.07, 6.45) is 0. The Kier molecular flexibility index (Phi) is 5.00. The Balaban J connectivity index is 2.19. The molecule has 0 saturated carbocycles. The minimum absolute atomic E-state index is 0.134. The number of rotatable bonds is 5. The minimum atomic E-state index is -0.394. The maximum Gasteiger partial charge on any atom is 0.321 e. The Bertz CT molecular complexity index is 642. The van der Waals surface area contributed by atoms with Gasteiger partial charge in [-0.1, -0.05) is 13.8 Å². The van der Waals surface area contributed by atoms with Crippen LogP contribution in [0.1, 0.15) is 34.6 Å². The lowest BCUT2D eigenvalue weighted by atomic mass is 10.1. The minimum Gasteiger partial charge on any atom is -0.395 e. The van der Waals surface area contributed by atoms with Crippen molar-refractivity contribution < 1.29 is 19.5 Å². The molecule has 0 aliphatic carbocycles. The molecule has 23 heavy (non-hydrogen) atoms. The van der Waals surface area contributed by atoms with Crippen LogP contribution in [0.25, 0.3) is 0 Å². The molecular weight excluding hydrogens is 298 g/mol. The molecule has 2 N–H and O–H groups in total. The zero-order valence-corrected chi connectivity index (χ0v) is 13.5. The molecule has 7 heteroatoms. The second-order valence-electron chi connectivity index (χ2n) is 5.95. The van der Waals surface area contributed by atoms with Gasteiger partial charge in [-0.3, -0.25) is 14.5 Å². The van der Waals surface area contributed by atoms with Crippen LogP contribution in [-0.4, -0.2) is 59.5 Å². The summed E-state index contributed by atoms with van der Waals surface area (Å²) < 4.78 is 0. The zero-order chi connectivity index (χ0) is 17.1. The number of fused-ring (bicyclic) bond motifs is 1. The predicted octanol–water partition coefficient (Wildman–Crippen LogP) is 1.39. The normalized spacial score (nSPS) is 13.5. The summed E-state index contributed by atoms with van der Waals surface area (Å²) in [7, 11) is 1.55. The molecular formula is C16H21N3O4. The second kappa shape index (κ2) is 6.78. The smallest absolute Gasteiger partial charge is 0.321 e. The number of anilines is 1. The number of nitrogens with one attached hydrogen (secondary N) is 1. The quantitative estimate of drug-likeness (QED) is 0.803. The summed E-state index contributed by atoms with van der Waals surface area (Å²) >= 11 is 0. The van der Waals surface area contributed by atoms with E-state index >= 15 is 0 Å². The Morgan fingerprint density at radius 2 is 1.91 bits per heavy atom. The second-order valence-corrected chi connectivity index (χ2v) is 5.95. The molecule has 1 aliphatic rings. The molecule has 0 radical (unpaired) electrons. The van der Waals surface area contributed by atoms with Gasteiger partial charge in [-0.05, 0) is 24.1 Å². The Morgan fingerprint density at radius 3 is 2.52 bits per heavy atom. The van der Waals surface area contributed by atoms with Gasteiger partial charge in [0.15, 0.2) is 0 Å². The van der Waals surface area contributed by atoms with E-state index < -0.39 is 6.03 Å². The van der Waals surface area contributed by atoms with Crippen molar-refractivity contribution in [3.63, 3.8) is 0 Å². The molecule has 0 spiro atoms. The van der Waals surface area contributed by atoms with Crippen molar-refractivity contribution >= 4 is 23.5 Å². The van der Waals surface area contributed by atoms with Gasteiger partial charge in [0, 0.05) is 25.8 Å². The molecule has 0 unspecified atom stereocenters. The monoisotopic (exact) mass is 319 g/mol. The number of aliphatic hydroxyl groups excluding tert-OH is 1. The average Bonchev–Trinajstić information content (AvgIpc) is 2.72. The van der Waals surface area contributed by atoms with Crippen molar-refractivity contribution in [2.45, 2.75) is 13.8 Å². The molecule has 124 valence electrons. The molecule has 0 aromatic heterocycles. The van der Waals surface area contributed by atoms with Gasteiger partial charge in [-0.25, -0.2) is 4.79 Å². The molecule has 1 aromatic carbocycles. The highest BCUT2D eigenvalue weighted by atomic mass is 16.3. The number of carbonyl (C=O) groups excluding carboxylic acids is 3. The molecule has 0 bridgehead atoms. The van der Waals surface area contributed by atoms with Gasteiger partial charge >= 0.3 is 6.03 Å². The fourth-order valence-electron chi connectivity index (χ4n) is 2.37. The maximum atomic E-state index is 12.4. The standard InChI is InChI=1S/C16H21N3O4/c1-10(2)9-19-14(21)12-5-4-11(8-13(12)15(19)22)17-16(23)18(3)6-7-20/h4-5,8,10,20H,6-7,9H2,1-3H3,(H,17,23). The molecule has 1 aromatic rings. The van der Waals surface area contributed by atoms with Crippen molar-refractivity contribution in [3.05, 3.63) is 29.3 Å². The van der Waals surface area contributed by atoms with E-state index in [0.29, 0.717) is 23.4 Å². The van der Waals surface area contributed by atoms with Crippen LogP contribution in [0.3, 0.4) is 0 Å². The molecule has 7 nitrogen and oxygen atoms in total. The SMILES string of the molecule is CC(C)CN1C(=O)c2ccc(NC(=O)N(C)CCO)cc2C1=O.